The highest BCUT2D eigenvalue weighted by molar-refractivity contribution is 5.08. The summed E-state index contributed by atoms with van der Waals surface area (Å²) in [6.45, 7) is 8.36. The largest absolute Gasteiger partial charge is 0.350 e. The van der Waals surface area contributed by atoms with Gasteiger partial charge in [-0.25, -0.2) is 0 Å². The van der Waals surface area contributed by atoms with Crippen molar-refractivity contribution in [3.05, 3.63) is 46.4 Å². The molecule has 0 unspecified atom stereocenters. The van der Waals surface area contributed by atoms with Gasteiger partial charge in [0.2, 0.25) is 0 Å². The van der Waals surface area contributed by atoms with Crippen molar-refractivity contribution in [2.24, 2.45) is 0 Å². The minimum atomic E-state index is 0.0907. The second-order valence-electron chi connectivity index (χ2n) is 3.12. The molecule has 12 heavy (non-hydrogen) atoms. The van der Waals surface area contributed by atoms with Gasteiger partial charge in [0.15, 0.2) is 5.43 Å². The minimum Gasteiger partial charge on any atom is -0.350 e. The van der Waals surface area contributed by atoms with Crippen molar-refractivity contribution < 1.29 is 0 Å². The van der Waals surface area contributed by atoms with E-state index < -0.39 is 0 Å². The lowest BCUT2D eigenvalue weighted by Crippen LogP contribution is -2.08. The van der Waals surface area contributed by atoms with Crippen LogP contribution in [0.15, 0.2) is 35.4 Å². The number of aromatic nitrogens is 1. The summed E-state index contributed by atoms with van der Waals surface area (Å²) in [6, 6.07) is 1.58. The molecule has 0 aromatic carbocycles. The standard InChI is InChI=1S/C10H13NO/c1-8(2)6-11-5-4-10(12)9(3)7-11/h4-5,7H,1,6H2,2-3H3. The molecule has 64 valence electrons. The van der Waals surface area contributed by atoms with E-state index in [1.165, 1.54) is 0 Å². The number of hydrogen-bond donors (Lipinski definition) is 0. The summed E-state index contributed by atoms with van der Waals surface area (Å²) in [5.74, 6) is 0. The van der Waals surface area contributed by atoms with Gasteiger partial charge in [0.1, 0.15) is 0 Å². The van der Waals surface area contributed by atoms with Gasteiger partial charge in [-0.3, -0.25) is 4.79 Å². The van der Waals surface area contributed by atoms with Gasteiger partial charge in [-0.1, -0.05) is 12.2 Å². The smallest absolute Gasteiger partial charge is 0.184 e. The van der Waals surface area contributed by atoms with Crippen molar-refractivity contribution >= 4 is 0 Å². The lowest BCUT2D eigenvalue weighted by atomic mass is 10.3. The van der Waals surface area contributed by atoms with Crippen LogP contribution in [0.2, 0.25) is 0 Å². The molecule has 0 atom stereocenters. The Hall–Kier alpha value is -1.31. The molecule has 0 fully saturated rings. The molecule has 1 aromatic rings. The Morgan fingerprint density at radius 1 is 1.67 bits per heavy atom. The number of allylic oxidation sites excluding steroid dienone is 1. The van der Waals surface area contributed by atoms with Gasteiger partial charge in [0.05, 0.1) is 0 Å². The first kappa shape index (κ1) is 8.78. The van der Waals surface area contributed by atoms with E-state index in [1.54, 1.807) is 12.3 Å². The van der Waals surface area contributed by atoms with Crippen LogP contribution in [0, 0.1) is 6.92 Å². The van der Waals surface area contributed by atoms with E-state index in [9.17, 15) is 4.79 Å². The maximum Gasteiger partial charge on any atom is 0.184 e. The minimum absolute atomic E-state index is 0.0907. The highest BCUT2D eigenvalue weighted by atomic mass is 16.1. The number of pyridine rings is 1. The molecule has 0 aliphatic rings. The van der Waals surface area contributed by atoms with Crippen molar-refractivity contribution in [1.29, 1.82) is 0 Å². The summed E-state index contributed by atoms with van der Waals surface area (Å²) in [5.41, 5.74) is 1.95. The normalized spacial score (nSPS) is 9.83. The maximum absolute atomic E-state index is 11.0. The van der Waals surface area contributed by atoms with E-state index in [0.717, 1.165) is 17.7 Å². The monoisotopic (exact) mass is 163 g/mol. The zero-order valence-corrected chi connectivity index (χ0v) is 7.50. The topological polar surface area (TPSA) is 22.0 Å². The van der Waals surface area contributed by atoms with E-state index in [-0.39, 0.29) is 5.43 Å². The molecule has 0 N–H and O–H groups in total. The fourth-order valence-electron chi connectivity index (χ4n) is 1.06. The molecule has 0 aliphatic carbocycles. The van der Waals surface area contributed by atoms with E-state index >= 15 is 0 Å². The molecule has 0 saturated heterocycles. The van der Waals surface area contributed by atoms with Crippen LogP contribution < -0.4 is 5.43 Å². The average molecular weight is 163 g/mol. The molecule has 2 heteroatoms. The van der Waals surface area contributed by atoms with E-state index in [2.05, 4.69) is 6.58 Å². The summed E-state index contributed by atoms with van der Waals surface area (Å²) in [4.78, 5) is 11.0. The molecule has 1 rings (SSSR count). The van der Waals surface area contributed by atoms with Gasteiger partial charge in [0, 0.05) is 30.6 Å². The molecule has 0 spiro atoms. The van der Waals surface area contributed by atoms with Crippen molar-refractivity contribution in [3.63, 3.8) is 0 Å². The molecule has 2 nitrogen and oxygen atoms in total. The molecule has 1 heterocycles. The van der Waals surface area contributed by atoms with Crippen molar-refractivity contribution in [2.75, 3.05) is 0 Å². The third-order valence-corrected chi connectivity index (χ3v) is 1.62. The Morgan fingerprint density at radius 3 is 2.83 bits per heavy atom. The number of nitrogens with zero attached hydrogens (tertiary/aromatic N) is 1. The Labute approximate surface area is 72.2 Å². The van der Waals surface area contributed by atoms with Crippen LogP contribution >= 0.6 is 0 Å². The maximum atomic E-state index is 11.0. The molecular weight excluding hydrogens is 150 g/mol. The fraction of sp³-hybridized carbons (Fsp3) is 0.300. The SMILES string of the molecule is C=C(C)Cn1ccc(=O)c(C)c1. The van der Waals surface area contributed by atoms with E-state index in [1.807, 2.05) is 24.6 Å². The molecule has 0 saturated carbocycles. The van der Waals surface area contributed by atoms with Crippen LogP contribution in [0.5, 0.6) is 0 Å². The van der Waals surface area contributed by atoms with Crippen LogP contribution in [0.1, 0.15) is 12.5 Å². The second-order valence-corrected chi connectivity index (χ2v) is 3.12. The first-order chi connectivity index (χ1) is 5.59. The first-order valence-electron chi connectivity index (χ1n) is 3.90. The fourth-order valence-corrected chi connectivity index (χ4v) is 1.06. The van der Waals surface area contributed by atoms with Gasteiger partial charge < -0.3 is 4.57 Å². The lowest BCUT2D eigenvalue weighted by Gasteiger charge is -2.05. The third kappa shape index (κ3) is 2.09. The molecule has 0 radical (unpaired) electrons. The third-order valence-electron chi connectivity index (χ3n) is 1.62. The van der Waals surface area contributed by atoms with Gasteiger partial charge >= 0.3 is 0 Å². The van der Waals surface area contributed by atoms with Crippen LogP contribution in [-0.2, 0) is 6.54 Å². The van der Waals surface area contributed by atoms with Crippen LogP contribution in [0.3, 0.4) is 0 Å². The highest BCUT2D eigenvalue weighted by Gasteiger charge is 1.93. The first-order valence-corrected chi connectivity index (χ1v) is 3.90. The number of rotatable bonds is 2. The lowest BCUT2D eigenvalue weighted by molar-refractivity contribution is 0.771. The quantitative estimate of drug-likeness (QED) is 0.608. The zero-order chi connectivity index (χ0) is 9.14. The highest BCUT2D eigenvalue weighted by Crippen LogP contribution is 1.96. The van der Waals surface area contributed by atoms with Crippen LogP contribution in [-0.4, -0.2) is 4.57 Å². The summed E-state index contributed by atoms with van der Waals surface area (Å²) in [7, 11) is 0. The van der Waals surface area contributed by atoms with Crippen molar-refractivity contribution in [2.45, 2.75) is 20.4 Å². The van der Waals surface area contributed by atoms with E-state index in [0.29, 0.717) is 0 Å². The predicted molar refractivity (Wildman–Crippen MR) is 50.3 cm³/mol. The summed E-state index contributed by atoms with van der Waals surface area (Å²) < 4.78 is 1.96. The summed E-state index contributed by atoms with van der Waals surface area (Å²) in [5, 5.41) is 0. The molecule has 0 bridgehead atoms. The summed E-state index contributed by atoms with van der Waals surface area (Å²) in [6.07, 6.45) is 3.63. The van der Waals surface area contributed by atoms with Crippen LogP contribution in [0.4, 0.5) is 0 Å². The van der Waals surface area contributed by atoms with Gasteiger partial charge in [-0.05, 0) is 13.8 Å². The van der Waals surface area contributed by atoms with Gasteiger partial charge in [-0.15, -0.1) is 0 Å². The van der Waals surface area contributed by atoms with Crippen LogP contribution in [0.25, 0.3) is 0 Å². The second kappa shape index (κ2) is 3.39. The van der Waals surface area contributed by atoms with E-state index in [4.69, 9.17) is 0 Å². The predicted octanol–water partition coefficient (Wildman–Crippen LogP) is 1.73. The Morgan fingerprint density at radius 2 is 2.33 bits per heavy atom. The molecule has 1 aromatic heterocycles. The summed E-state index contributed by atoms with van der Waals surface area (Å²) >= 11 is 0. The molecule has 0 aliphatic heterocycles. The zero-order valence-electron chi connectivity index (χ0n) is 7.50. The molecular formula is C10H13NO. The number of hydrogen-bond acceptors (Lipinski definition) is 1. The number of aryl methyl sites for hydroxylation is 1. The van der Waals surface area contributed by atoms with Gasteiger partial charge in [-0.2, -0.15) is 0 Å². The van der Waals surface area contributed by atoms with Crippen molar-refractivity contribution in [1.82, 2.24) is 4.57 Å². The molecule has 0 amide bonds. The van der Waals surface area contributed by atoms with Gasteiger partial charge in [0.25, 0.3) is 0 Å². The Balaban J connectivity index is 2.97. The Kier molecular flexibility index (Phi) is 2.48. The van der Waals surface area contributed by atoms with Crippen molar-refractivity contribution in [3.8, 4) is 0 Å². The average Bonchev–Trinajstić information content (AvgIpc) is 1.96. The Bertz CT molecular complexity index is 349.